The normalized spacial score (nSPS) is 30.6. The van der Waals surface area contributed by atoms with E-state index in [0.29, 0.717) is 35.2 Å². The highest BCUT2D eigenvalue weighted by Gasteiger charge is 2.54. The Balaban J connectivity index is 1.31. The Kier molecular flexibility index (Phi) is 3.28. The lowest BCUT2D eigenvalue weighted by atomic mass is 9.78. The third-order valence-corrected chi connectivity index (χ3v) is 6.73. The fraction of sp³-hybridized carbons (Fsp3) is 0.550. The predicted molar refractivity (Wildman–Crippen MR) is 94.1 cm³/mol. The van der Waals surface area contributed by atoms with Gasteiger partial charge in [0.1, 0.15) is 0 Å². The van der Waals surface area contributed by atoms with Gasteiger partial charge in [0, 0.05) is 18.7 Å². The van der Waals surface area contributed by atoms with E-state index >= 15 is 0 Å². The van der Waals surface area contributed by atoms with Gasteiger partial charge in [-0.25, -0.2) is 0 Å². The maximum atomic E-state index is 13.0. The van der Waals surface area contributed by atoms with Crippen LogP contribution in [0.15, 0.2) is 22.7 Å². The third kappa shape index (κ3) is 2.30. The quantitative estimate of drug-likeness (QED) is 0.830. The Labute approximate surface area is 156 Å². The average Bonchev–Trinajstić information content (AvgIpc) is 3.41. The molecule has 2 aliphatic heterocycles. The van der Waals surface area contributed by atoms with Crippen LogP contribution in [-0.2, 0) is 4.79 Å². The van der Waals surface area contributed by atoms with Crippen LogP contribution in [0.3, 0.4) is 0 Å². The zero-order valence-electron chi connectivity index (χ0n) is 15.0. The molecule has 0 radical (unpaired) electrons. The van der Waals surface area contributed by atoms with E-state index in [9.17, 15) is 4.79 Å². The van der Waals surface area contributed by atoms with Gasteiger partial charge in [-0.15, -0.1) is 0 Å². The van der Waals surface area contributed by atoms with Gasteiger partial charge in [0.25, 0.3) is 0 Å². The van der Waals surface area contributed by atoms with Crippen molar-refractivity contribution in [2.45, 2.75) is 31.6 Å². The van der Waals surface area contributed by atoms with E-state index < -0.39 is 0 Å². The zero-order chi connectivity index (χ0) is 18.0. The molecule has 7 nitrogen and oxygen atoms in total. The molecule has 0 N–H and O–H groups in total. The molecule has 1 aromatic heterocycles. The summed E-state index contributed by atoms with van der Waals surface area (Å²) in [5.74, 6) is 3.90. The zero-order valence-corrected chi connectivity index (χ0v) is 15.0. The van der Waals surface area contributed by atoms with E-state index in [4.69, 9.17) is 19.0 Å². The molecule has 4 atom stereocenters. The standard InChI is InChI=1S/C20H21N3O4/c24-20(23-6-1-7-23)17-12-3-2-11(8-12)16(17)19-21-18(22-27-19)13-4-5-14-15(9-13)26-10-25-14/h4-5,9,11-12,16-17H,1-3,6-8,10H2/t11-,12+,16+,17+/m1/s1. The molecule has 1 saturated heterocycles. The molecule has 2 saturated carbocycles. The van der Waals surface area contributed by atoms with Crippen LogP contribution in [0.25, 0.3) is 11.4 Å². The molecular weight excluding hydrogens is 346 g/mol. The molecule has 0 unspecified atom stereocenters. The Morgan fingerprint density at radius 1 is 1.11 bits per heavy atom. The van der Waals surface area contributed by atoms with Gasteiger partial charge in [-0.3, -0.25) is 4.79 Å². The largest absolute Gasteiger partial charge is 0.454 e. The number of amides is 1. The van der Waals surface area contributed by atoms with E-state index in [1.807, 2.05) is 23.1 Å². The lowest BCUT2D eigenvalue weighted by Crippen LogP contribution is -2.47. The molecule has 27 heavy (non-hydrogen) atoms. The number of fused-ring (bicyclic) bond motifs is 3. The van der Waals surface area contributed by atoms with Gasteiger partial charge in [-0.05, 0) is 55.7 Å². The van der Waals surface area contributed by atoms with Crippen LogP contribution in [0.4, 0.5) is 0 Å². The summed E-state index contributed by atoms with van der Waals surface area (Å²) in [7, 11) is 0. The molecule has 0 spiro atoms. The molecule has 2 bridgehead atoms. The first-order chi connectivity index (χ1) is 13.3. The summed E-state index contributed by atoms with van der Waals surface area (Å²) in [4.78, 5) is 19.7. The molecular formula is C20H21N3O4. The van der Waals surface area contributed by atoms with Gasteiger partial charge in [0.05, 0.1) is 11.8 Å². The topological polar surface area (TPSA) is 77.7 Å². The van der Waals surface area contributed by atoms with Crippen molar-refractivity contribution in [3.63, 3.8) is 0 Å². The summed E-state index contributed by atoms with van der Waals surface area (Å²) in [5, 5.41) is 4.21. The number of ether oxygens (including phenoxy) is 2. The number of carbonyl (C=O) groups excluding carboxylic acids is 1. The van der Waals surface area contributed by atoms with E-state index in [0.717, 1.165) is 50.1 Å². The van der Waals surface area contributed by atoms with Crippen molar-refractivity contribution in [3.8, 4) is 22.9 Å². The summed E-state index contributed by atoms with van der Waals surface area (Å²) in [5.41, 5.74) is 0.836. The number of likely N-dealkylation sites (tertiary alicyclic amines) is 1. The lowest BCUT2D eigenvalue weighted by molar-refractivity contribution is -0.141. The Morgan fingerprint density at radius 3 is 2.81 bits per heavy atom. The molecule has 2 aliphatic carbocycles. The number of benzene rings is 1. The fourth-order valence-corrected chi connectivity index (χ4v) is 5.27. The highest BCUT2D eigenvalue weighted by molar-refractivity contribution is 5.81. The fourth-order valence-electron chi connectivity index (χ4n) is 5.27. The molecule has 7 heteroatoms. The number of hydrogen-bond acceptors (Lipinski definition) is 6. The van der Waals surface area contributed by atoms with Crippen LogP contribution < -0.4 is 9.47 Å². The maximum Gasteiger partial charge on any atom is 0.231 e. The van der Waals surface area contributed by atoms with Gasteiger partial charge in [0.15, 0.2) is 11.5 Å². The van der Waals surface area contributed by atoms with Crippen molar-refractivity contribution < 1.29 is 18.8 Å². The van der Waals surface area contributed by atoms with Crippen molar-refractivity contribution >= 4 is 5.91 Å². The summed E-state index contributed by atoms with van der Waals surface area (Å²) < 4.78 is 16.5. The minimum atomic E-state index is 0.00843. The highest BCUT2D eigenvalue weighted by atomic mass is 16.7. The predicted octanol–water partition coefficient (Wildman–Crippen LogP) is 2.83. The van der Waals surface area contributed by atoms with Crippen molar-refractivity contribution in [2.24, 2.45) is 17.8 Å². The van der Waals surface area contributed by atoms with Gasteiger partial charge < -0.3 is 18.9 Å². The van der Waals surface area contributed by atoms with Crippen LogP contribution in [-0.4, -0.2) is 40.8 Å². The first kappa shape index (κ1) is 15.5. The summed E-state index contributed by atoms with van der Waals surface area (Å²) in [6, 6.07) is 5.65. The van der Waals surface area contributed by atoms with Gasteiger partial charge in [-0.1, -0.05) is 5.16 Å². The van der Waals surface area contributed by atoms with E-state index in [-0.39, 0.29) is 18.6 Å². The molecule has 3 fully saturated rings. The smallest absolute Gasteiger partial charge is 0.231 e. The van der Waals surface area contributed by atoms with Crippen LogP contribution in [0.1, 0.15) is 37.5 Å². The Bertz CT molecular complexity index is 906. The van der Waals surface area contributed by atoms with E-state index in [1.54, 1.807) is 0 Å². The van der Waals surface area contributed by atoms with Crippen molar-refractivity contribution in [1.82, 2.24) is 15.0 Å². The van der Waals surface area contributed by atoms with Gasteiger partial charge in [0.2, 0.25) is 24.4 Å². The lowest BCUT2D eigenvalue weighted by Gasteiger charge is -2.37. The molecule has 140 valence electrons. The summed E-state index contributed by atoms with van der Waals surface area (Å²) >= 11 is 0. The van der Waals surface area contributed by atoms with E-state index in [1.165, 1.54) is 0 Å². The second-order valence-electron chi connectivity index (χ2n) is 8.09. The number of rotatable bonds is 3. The monoisotopic (exact) mass is 367 g/mol. The number of hydrogen-bond donors (Lipinski definition) is 0. The van der Waals surface area contributed by atoms with Gasteiger partial charge in [-0.2, -0.15) is 4.98 Å². The minimum absolute atomic E-state index is 0.00843. The molecule has 2 aromatic rings. The number of aromatic nitrogens is 2. The number of nitrogens with zero attached hydrogens (tertiary/aromatic N) is 3. The molecule has 4 aliphatic rings. The SMILES string of the molecule is O=C([C@H]1[C@H]2CC[C@H](C2)[C@@H]1c1nc(-c2ccc3c(c2)OCO3)no1)N1CCC1. The van der Waals surface area contributed by atoms with Crippen molar-refractivity contribution in [2.75, 3.05) is 19.9 Å². The van der Waals surface area contributed by atoms with Crippen LogP contribution in [0.5, 0.6) is 11.5 Å². The van der Waals surface area contributed by atoms with E-state index in [2.05, 4.69) is 5.16 Å². The third-order valence-electron chi connectivity index (χ3n) is 6.73. The molecule has 3 heterocycles. The summed E-state index contributed by atoms with van der Waals surface area (Å²) in [6.45, 7) is 2.03. The highest BCUT2D eigenvalue weighted by Crippen LogP contribution is 2.57. The molecule has 1 amide bonds. The van der Waals surface area contributed by atoms with Gasteiger partial charge >= 0.3 is 0 Å². The van der Waals surface area contributed by atoms with Crippen LogP contribution >= 0.6 is 0 Å². The first-order valence-electron chi connectivity index (χ1n) is 9.80. The maximum absolute atomic E-state index is 13.0. The second kappa shape index (κ2) is 5.71. The molecule has 6 rings (SSSR count). The summed E-state index contributed by atoms with van der Waals surface area (Å²) in [6.07, 6.45) is 4.53. The Hall–Kier alpha value is -2.57. The molecule has 1 aromatic carbocycles. The number of carbonyl (C=O) groups is 1. The minimum Gasteiger partial charge on any atom is -0.454 e. The van der Waals surface area contributed by atoms with Crippen LogP contribution in [0.2, 0.25) is 0 Å². The average molecular weight is 367 g/mol. The van der Waals surface area contributed by atoms with Crippen molar-refractivity contribution in [1.29, 1.82) is 0 Å². The van der Waals surface area contributed by atoms with Crippen LogP contribution in [0, 0.1) is 17.8 Å². The van der Waals surface area contributed by atoms with Crippen molar-refractivity contribution in [3.05, 3.63) is 24.1 Å². The Morgan fingerprint density at radius 2 is 1.96 bits per heavy atom. The first-order valence-corrected chi connectivity index (χ1v) is 9.80. The second-order valence-corrected chi connectivity index (χ2v) is 8.09.